The minimum Gasteiger partial charge on any atom is -0.303 e. The molecule has 340 valence electrons. The third-order valence-electron chi connectivity index (χ3n) is 12.3. The Kier molecular flexibility index (Phi) is 47.0. The molecule has 1 aromatic rings. The van der Waals surface area contributed by atoms with Crippen molar-refractivity contribution in [3.63, 3.8) is 0 Å². The Morgan fingerprint density at radius 2 is 0.638 bits per heavy atom. The van der Waals surface area contributed by atoms with E-state index < -0.39 is 0 Å². The number of hydrogen-bond donors (Lipinski definition) is 0. The molecule has 1 aromatic heterocycles. The van der Waals surface area contributed by atoms with Crippen LogP contribution in [0.4, 0.5) is 0 Å². The van der Waals surface area contributed by atoms with Gasteiger partial charge in [0.2, 0.25) is 0 Å². The smallest absolute Gasteiger partial charge is 0.0267 e. The Labute approximate surface area is 366 Å². The lowest BCUT2D eigenvalue weighted by atomic mass is 10.1. The molecule has 3 heteroatoms. The van der Waals surface area contributed by atoms with Gasteiger partial charge in [-0.3, -0.25) is 4.98 Å². The van der Waals surface area contributed by atoms with Crippen LogP contribution in [-0.2, 0) is 0 Å². The number of allylic oxidation sites excluding steroid dienone is 4. The molecule has 0 saturated heterocycles. The summed E-state index contributed by atoms with van der Waals surface area (Å²) in [5.41, 5.74) is 0. The maximum Gasteiger partial charge on any atom is 0.0267 e. The van der Waals surface area contributed by atoms with Gasteiger partial charge in [0.25, 0.3) is 0 Å². The standard InChI is InChI=1S/C50H100N2.C5H5N/c1-7-11-13-15-17-19-21-23-25-27-29-31-33-35-37-39-43-51(47-49(5)9-3)45-41-42-46-52(48-50(6)10-4)44-40-38-36-34-32-30-28-26-24-22-20-18-16-14-12-8-2;1-2-4-6-5-3-1/h23-26,49-50H,7-22,27-48H2,1-6H3;1-5H/b25-23+,26-24+;. The number of unbranched alkanes of at least 4 members (excludes halogenated alkanes) is 25. The quantitative estimate of drug-likeness (QED) is 0.0484. The van der Waals surface area contributed by atoms with Crippen LogP contribution in [0.1, 0.15) is 247 Å². The van der Waals surface area contributed by atoms with E-state index in [0.29, 0.717) is 0 Å². The van der Waals surface area contributed by atoms with Crippen LogP contribution in [-0.4, -0.2) is 54.1 Å². The Morgan fingerprint density at radius 1 is 0.362 bits per heavy atom. The van der Waals surface area contributed by atoms with Crippen molar-refractivity contribution in [2.24, 2.45) is 11.8 Å². The molecular formula is C55H105N3. The summed E-state index contributed by atoms with van der Waals surface area (Å²) in [6.45, 7) is 22.1. The van der Waals surface area contributed by atoms with Crippen molar-refractivity contribution >= 4 is 0 Å². The molecule has 0 spiro atoms. The minimum absolute atomic E-state index is 0.822. The van der Waals surface area contributed by atoms with Gasteiger partial charge >= 0.3 is 0 Å². The Hall–Kier alpha value is -1.45. The van der Waals surface area contributed by atoms with E-state index in [1.165, 1.54) is 245 Å². The highest BCUT2D eigenvalue weighted by molar-refractivity contribution is 4.88. The molecule has 0 aliphatic heterocycles. The molecule has 0 aliphatic carbocycles. The number of nitrogens with zero attached hydrogens (tertiary/aromatic N) is 3. The predicted octanol–water partition coefficient (Wildman–Crippen LogP) is 17.6. The van der Waals surface area contributed by atoms with Crippen LogP contribution in [0.3, 0.4) is 0 Å². The molecule has 2 atom stereocenters. The van der Waals surface area contributed by atoms with Crippen molar-refractivity contribution in [3.05, 3.63) is 54.9 Å². The summed E-state index contributed by atoms with van der Waals surface area (Å²) in [6.07, 6.45) is 57.8. The van der Waals surface area contributed by atoms with E-state index in [1.807, 2.05) is 18.2 Å². The average molecular weight is 808 g/mol. The Morgan fingerprint density at radius 3 is 0.897 bits per heavy atom. The summed E-state index contributed by atoms with van der Waals surface area (Å²) in [4.78, 5) is 9.44. The molecule has 0 amide bonds. The van der Waals surface area contributed by atoms with Gasteiger partial charge in [0.05, 0.1) is 0 Å². The van der Waals surface area contributed by atoms with Crippen LogP contribution in [0.5, 0.6) is 0 Å². The summed E-state index contributed by atoms with van der Waals surface area (Å²) < 4.78 is 0. The lowest BCUT2D eigenvalue weighted by molar-refractivity contribution is 0.203. The molecule has 0 N–H and O–H groups in total. The maximum absolute atomic E-state index is 3.78. The van der Waals surface area contributed by atoms with E-state index in [2.05, 4.69) is 80.6 Å². The van der Waals surface area contributed by atoms with Gasteiger partial charge in [-0.05, 0) is 127 Å². The average Bonchev–Trinajstić information content (AvgIpc) is 3.25. The molecule has 1 heterocycles. The molecule has 0 bridgehead atoms. The SMILES string of the molecule is CCCCCCCC/C=C/CCCCCCCCN(CCCCN(CCCCCCCC/C=C/CCCCCCCC)CC(C)CC)CC(C)CC.c1ccncc1. The van der Waals surface area contributed by atoms with E-state index in [0.717, 1.165) is 11.8 Å². The Balaban J connectivity index is 0.00000491. The van der Waals surface area contributed by atoms with Crippen molar-refractivity contribution in [3.8, 4) is 0 Å². The van der Waals surface area contributed by atoms with E-state index >= 15 is 0 Å². The summed E-state index contributed by atoms with van der Waals surface area (Å²) in [5, 5.41) is 0. The van der Waals surface area contributed by atoms with Gasteiger partial charge < -0.3 is 9.80 Å². The van der Waals surface area contributed by atoms with Crippen LogP contribution in [0.2, 0.25) is 0 Å². The van der Waals surface area contributed by atoms with Gasteiger partial charge in [-0.25, -0.2) is 0 Å². The highest BCUT2D eigenvalue weighted by Gasteiger charge is 2.12. The molecule has 0 saturated carbocycles. The first kappa shape index (κ1) is 56.5. The third-order valence-corrected chi connectivity index (χ3v) is 12.3. The van der Waals surface area contributed by atoms with Crippen LogP contribution in [0.15, 0.2) is 54.9 Å². The lowest BCUT2D eigenvalue weighted by Gasteiger charge is -2.27. The van der Waals surface area contributed by atoms with Crippen molar-refractivity contribution in [1.82, 2.24) is 14.8 Å². The van der Waals surface area contributed by atoms with E-state index in [4.69, 9.17) is 0 Å². The molecule has 0 aliphatic rings. The second-order valence-electron chi connectivity index (χ2n) is 18.2. The van der Waals surface area contributed by atoms with Gasteiger partial charge in [-0.2, -0.15) is 0 Å². The molecule has 0 radical (unpaired) electrons. The third kappa shape index (κ3) is 44.1. The van der Waals surface area contributed by atoms with Crippen molar-refractivity contribution < 1.29 is 0 Å². The van der Waals surface area contributed by atoms with E-state index in [1.54, 1.807) is 12.4 Å². The lowest BCUT2D eigenvalue weighted by Crippen LogP contribution is -2.33. The van der Waals surface area contributed by atoms with Crippen molar-refractivity contribution in [2.75, 3.05) is 39.3 Å². The van der Waals surface area contributed by atoms with Crippen LogP contribution < -0.4 is 0 Å². The second kappa shape index (κ2) is 48.2. The summed E-state index contributed by atoms with van der Waals surface area (Å²) in [6, 6.07) is 5.72. The highest BCUT2D eigenvalue weighted by atomic mass is 15.1. The maximum atomic E-state index is 3.78. The first-order chi connectivity index (χ1) is 28.6. The molecule has 1 rings (SSSR count). The van der Waals surface area contributed by atoms with Crippen LogP contribution in [0.25, 0.3) is 0 Å². The fourth-order valence-electron chi connectivity index (χ4n) is 7.88. The van der Waals surface area contributed by atoms with Crippen molar-refractivity contribution in [2.45, 2.75) is 247 Å². The van der Waals surface area contributed by atoms with Gasteiger partial charge in [0.1, 0.15) is 0 Å². The van der Waals surface area contributed by atoms with Crippen LogP contribution >= 0.6 is 0 Å². The molecular weight excluding hydrogens is 703 g/mol. The summed E-state index contributed by atoms with van der Waals surface area (Å²) in [7, 11) is 0. The van der Waals surface area contributed by atoms with Crippen LogP contribution in [0, 0.1) is 11.8 Å². The first-order valence-corrected chi connectivity index (χ1v) is 26.2. The van der Waals surface area contributed by atoms with Gasteiger partial charge in [0, 0.05) is 25.5 Å². The molecule has 0 fully saturated rings. The predicted molar refractivity (Wildman–Crippen MR) is 264 cm³/mol. The zero-order chi connectivity index (χ0) is 42.3. The molecule has 2 unspecified atom stereocenters. The largest absolute Gasteiger partial charge is 0.303 e. The van der Waals surface area contributed by atoms with E-state index in [-0.39, 0.29) is 0 Å². The summed E-state index contributed by atoms with van der Waals surface area (Å²) in [5.74, 6) is 1.64. The number of aromatic nitrogens is 1. The molecule has 58 heavy (non-hydrogen) atoms. The number of rotatable bonds is 43. The second-order valence-corrected chi connectivity index (χ2v) is 18.2. The first-order valence-electron chi connectivity index (χ1n) is 26.2. The van der Waals surface area contributed by atoms with Gasteiger partial charge in [-0.15, -0.1) is 0 Å². The van der Waals surface area contributed by atoms with E-state index in [9.17, 15) is 0 Å². The number of pyridine rings is 1. The fourth-order valence-corrected chi connectivity index (χ4v) is 7.88. The number of hydrogen-bond acceptors (Lipinski definition) is 3. The monoisotopic (exact) mass is 808 g/mol. The minimum atomic E-state index is 0.822. The summed E-state index contributed by atoms with van der Waals surface area (Å²) >= 11 is 0. The zero-order valence-electron chi connectivity index (χ0n) is 40.6. The topological polar surface area (TPSA) is 19.4 Å². The Bertz CT molecular complexity index is 842. The van der Waals surface area contributed by atoms with Gasteiger partial charge in [0.15, 0.2) is 0 Å². The van der Waals surface area contributed by atoms with Gasteiger partial charge in [-0.1, -0.05) is 200 Å². The molecule has 3 nitrogen and oxygen atoms in total. The fraction of sp³-hybridized carbons (Fsp3) is 0.836. The zero-order valence-corrected chi connectivity index (χ0v) is 40.6. The van der Waals surface area contributed by atoms with Crippen molar-refractivity contribution in [1.29, 1.82) is 0 Å². The normalized spacial score (nSPS) is 12.9. The molecule has 0 aromatic carbocycles. The highest BCUT2D eigenvalue weighted by Crippen LogP contribution is 2.15.